The van der Waals surface area contributed by atoms with E-state index in [9.17, 15) is 26.7 Å². The topological polar surface area (TPSA) is 53.3 Å². The fourth-order valence-corrected chi connectivity index (χ4v) is 3.11. The van der Waals surface area contributed by atoms with Gasteiger partial charge in [0.05, 0.1) is 16.8 Å². The molecule has 1 amide bonds. The van der Waals surface area contributed by atoms with Crippen LogP contribution < -0.4 is 9.64 Å². The number of hydrogen-bond donors (Lipinski definition) is 0. The van der Waals surface area contributed by atoms with Crippen LogP contribution in [0, 0.1) is 28.8 Å². The number of benzene rings is 3. The molecule has 0 saturated heterocycles. The molecule has 4 nitrogen and oxygen atoms in total. The summed E-state index contributed by atoms with van der Waals surface area (Å²) in [6, 6.07) is 8.87. The van der Waals surface area contributed by atoms with E-state index in [1.165, 1.54) is 12.1 Å². The van der Waals surface area contributed by atoms with Gasteiger partial charge in [0.1, 0.15) is 29.1 Å². The first-order valence-corrected chi connectivity index (χ1v) is 9.40. The average Bonchev–Trinajstić information content (AvgIpc) is 2.77. The van der Waals surface area contributed by atoms with Gasteiger partial charge in [0.2, 0.25) is 6.41 Å². The van der Waals surface area contributed by atoms with Crippen LogP contribution in [-0.4, -0.2) is 6.41 Å². The third kappa shape index (κ3) is 4.77. The summed E-state index contributed by atoms with van der Waals surface area (Å²) in [5, 5.41) is 9.03. The lowest BCUT2D eigenvalue weighted by atomic mass is 10.1. The van der Waals surface area contributed by atoms with Crippen molar-refractivity contribution in [2.45, 2.75) is 19.5 Å². The molecule has 0 aliphatic rings. The molecule has 33 heavy (non-hydrogen) atoms. The quantitative estimate of drug-likeness (QED) is 0.303. The molecule has 0 aliphatic carbocycles. The van der Waals surface area contributed by atoms with Crippen LogP contribution in [0.15, 0.2) is 48.5 Å². The predicted octanol–water partition coefficient (Wildman–Crippen LogP) is 6.64. The molecule has 0 unspecified atom stereocenters. The van der Waals surface area contributed by atoms with E-state index in [1.807, 2.05) is 0 Å². The highest BCUT2D eigenvalue weighted by molar-refractivity contribution is 5.90. The lowest BCUT2D eigenvalue weighted by Crippen LogP contribution is -2.19. The molecule has 0 spiro atoms. The molecular formula is C23H14F6N2O2. The van der Waals surface area contributed by atoms with Crippen molar-refractivity contribution in [3.05, 3.63) is 82.7 Å². The van der Waals surface area contributed by atoms with Gasteiger partial charge >= 0.3 is 6.18 Å². The Hall–Kier alpha value is -4.00. The molecule has 0 aromatic heterocycles. The Balaban J connectivity index is 2.25. The smallest absolute Gasteiger partial charge is 0.419 e. The first-order chi connectivity index (χ1) is 15.6. The molecule has 3 rings (SSSR count). The predicted molar refractivity (Wildman–Crippen MR) is 107 cm³/mol. The van der Waals surface area contributed by atoms with Gasteiger partial charge in [0.25, 0.3) is 0 Å². The van der Waals surface area contributed by atoms with E-state index >= 15 is 4.39 Å². The molecule has 10 heteroatoms. The van der Waals surface area contributed by atoms with Crippen molar-refractivity contribution in [1.29, 1.82) is 5.26 Å². The fraction of sp³-hybridized carbons (Fsp3) is 0.130. The zero-order valence-corrected chi connectivity index (χ0v) is 16.9. The number of ether oxygens (including phenoxy) is 1. The van der Waals surface area contributed by atoms with Crippen molar-refractivity contribution in [2.75, 3.05) is 4.90 Å². The molecule has 0 fully saturated rings. The van der Waals surface area contributed by atoms with Gasteiger partial charge in [-0.3, -0.25) is 9.69 Å². The third-order valence-electron chi connectivity index (χ3n) is 4.70. The van der Waals surface area contributed by atoms with E-state index in [4.69, 9.17) is 10.00 Å². The van der Waals surface area contributed by atoms with E-state index in [2.05, 4.69) is 0 Å². The van der Waals surface area contributed by atoms with E-state index in [1.54, 1.807) is 6.92 Å². The number of nitriles is 1. The molecule has 0 heterocycles. The van der Waals surface area contributed by atoms with Crippen LogP contribution in [0.4, 0.5) is 37.7 Å². The Morgan fingerprint density at radius 2 is 1.73 bits per heavy atom. The number of nitrogens with zero attached hydrogens (tertiary/aromatic N) is 2. The minimum atomic E-state index is -5.10. The minimum absolute atomic E-state index is 0.00517. The average molecular weight is 464 g/mol. The van der Waals surface area contributed by atoms with E-state index in [0.717, 1.165) is 36.4 Å². The first kappa shape index (κ1) is 23.7. The summed E-state index contributed by atoms with van der Waals surface area (Å²) in [6.07, 6.45) is -4.81. The van der Waals surface area contributed by atoms with Crippen LogP contribution in [0.2, 0.25) is 0 Å². The molecule has 0 bridgehead atoms. The lowest BCUT2D eigenvalue weighted by Gasteiger charge is -2.24. The summed E-state index contributed by atoms with van der Waals surface area (Å²) in [5.74, 6) is -3.80. The van der Waals surface area contributed by atoms with E-state index < -0.39 is 46.2 Å². The monoisotopic (exact) mass is 464 g/mol. The maximum absolute atomic E-state index is 15.2. The standard InChI is InChI=1S/C23H14F6N2O2/c1-2-13-9-15(24)3-7-19(13)33-20-8-5-17(23(27,28)29)21(26)22(20)31(12-32)16-4-6-18(25)14(10-16)11-30/h3-10,12H,2H2,1H3. The molecule has 0 aliphatic heterocycles. The third-order valence-corrected chi connectivity index (χ3v) is 4.70. The van der Waals surface area contributed by atoms with Crippen molar-refractivity contribution >= 4 is 17.8 Å². The fourth-order valence-electron chi connectivity index (χ4n) is 3.11. The zero-order valence-electron chi connectivity index (χ0n) is 16.9. The van der Waals surface area contributed by atoms with Crippen molar-refractivity contribution in [1.82, 2.24) is 0 Å². The van der Waals surface area contributed by atoms with E-state index in [0.29, 0.717) is 16.5 Å². The Kier molecular flexibility index (Phi) is 6.62. The number of anilines is 2. The second kappa shape index (κ2) is 9.24. The highest BCUT2D eigenvalue weighted by Crippen LogP contribution is 2.44. The van der Waals surface area contributed by atoms with Crippen molar-refractivity contribution in [3.8, 4) is 17.6 Å². The van der Waals surface area contributed by atoms with Crippen molar-refractivity contribution in [3.63, 3.8) is 0 Å². The highest BCUT2D eigenvalue weighted by Gasteiger charge is 2.37. The molecular weight excluding hydrogens is 450 g/mol. The summed E-state index contributed by atoms with van der Waals surface area (Å²) >= 11 is 0. The number of halogens is 6. The van der Waals surface area contributed by atoms with Gasteiger partial charge in [-0.25, -0.2) is 13.2 Å². The summed E-state index contributed by atoms with van der Waals surface area (Å²) in [5.41, 5.74) is -3.04. The number of rotatable bonds is 6. The van der Waals surface area contributed by atoms with Crippen molar-refractivity contribution < 1.29 is 35.9 Å². The van der Waals surface area contributed by atoms with Gasteiger partial charge < -0.3 is 4.74 Å². The largest absolute Gasteiger partial charge is 0.455 e. The summed E-state index contributed by atoms with van der Waals surface area (Å²) in [6.45, 7) is 1.68. The molecule has 0 atom stereocenters. The number of carbonyl (C=O) groups is 1. The Morgan fingerprint density at radius 3 is 2.33 bits per heavy atom. The van der Waals surface area contributed by atoms with Crippen LogP contribution in [-0.2, 0) is 17.4 Å². The molecule has 0 N–H and O–H groups in total. The molecule has 170 valence electrons. The summed E-state index contributed by atoms with van der Waals surface area (Å²) in [7, 11) is 0. The Labute approximate surface area is 184 Å². The lowest BCUT2D eigenvalue weighted by molar-refractivity contribution is -0.140. The number of amides is 1. The van der Waals surface area contributed by atoms with Crippen LogP contribution in [0.3, 0.4) is 0 Å². The summed E-state index contributed by atoms with van der Waals surface area (Å²) in [4.78, 5) is 12.3. The number of hydrogen-bond acceptors (Lipinski definition) is 3. The molecule has 3 aromatic rings. The number of alkyl halides is 3. The normalized spacial score (nSPS) is 11.1. The van der Waals surface area contributed by atoms with Gasteiger partial charge in [-0.15, -0.1) is 0 Å². The number of carbonyl (C=O) groups excluding carboxylic acids is 1. The van der Waals surface area contributed by atoms with Crippen LogP contribution in [0.1, 0.15) is 23.6 Å². The maximum Gasteiger partial charge on any atom is 0.419 e. The van der Waals surface area contributed by atoms with Gasteiger partial charge in [-0.2, -0.15) is 18.4 Å². The van der Waals surface area contributed by atoms with Crippen LogP contribution in [0.5, 0.6) is 11.5 Å². The zero-order chi connectivity index (χ0) is 24.3. The van der Waals surface area contributed by atoms with Gasteiger partial charge in [-0.1, -0.05) is 6.92 Å². The Bertz CT molecular complexity index is 1250. The van der Waals surface area contributed by atoms with E-state index in [-0.39, 0.29) is 24.3 Å². The molecule has 0 radical (unpaired) electrons. The number of aryl methyl sites for hydroxylation is 1. The first-order valence-electron chi connectivity index (χ1n) is 9.40. The van der Waals surface area contributed by atoms with Gasteiger partial charge in [-0.05, 0) is 60.5 Å². The molecule has 3 aromatic carbocycles. The van der Waals surface area contributed by atoms with Crippen LogP contribution in [0.25, 0.3) is 0 Å². The second-order valence-corrected chi connectivity index (χ2v) is 6.73. The SMILES string of the molecule is CCc1cc(F)ccc1Oc1ccc(C(F)(F)F)c(F)c1N(C=O)c1ccc(F)c(C#N)c1. The minimum Gasteiger partial charge on any atom is -0.455 e. The summed E-state index contributed by atoms with van der Waals surface area (Å²) < 4.78 is 88.2. The maximum atomic E-state index is 15.2. The van der Waals surface area contributed by atoms with Gasteiger partial charge in [0, 0.05) is 0 Å². The van der Waals surface area contributed by atoms with Gasteiger partial charge in [0.15, 0.2) is 11.6 Å². The second-order valence-electron chi connectivity index (χ2n) is 6.73. The van der Waals surface area contributed by atoms with Crippen LogP contribution >= 0.6 is 0 Å². The van der Waals surface area contributed by atoms with Crippen molar-refractivity contribution in [2.24, 2.45) is 0 Å². The Morgan fingerprint density at radius 1 is 1.03 bits per heavy atom. The molecule has 0 saturated carbocycles. The highest BCUT2D eigenvalue weighted by atomic mass is 19.4.